The Morgan fingerprint density at radius 1 is 1.05 bits per heavy atom. The Kier molecular flexibility index (Phi) is 4.19. The molecule has 1 N–H and O–H groups in total. The molecule has 0 saturated carbocycles. The number of benzene rings is 2. The minimum Gasteiger partial charge on any atom is -0.385 e. The van der Waals surface area contributed by atoms with E-state index < -0.39 is 31.2 Å². The predicted octanol–water partition coefficient (Wildman–Crippen LogP) is 2.67. The van der Waals surface area contributed by atoms with Crippen molar-refractivity contribution in [2.75, 3.05) is 11.5 Å². The topological polar surface area (TPSA) is 54.4 Å². The monoisotopic (exact) mass is 342 g/mol. The van der Waals surface area contributed by atoms with Crippen LogP contribution in [0.3, 0.4) is 0 Å². The zero-order valence-electron chi connectivity index (χ0n) is 11.2. The molecule has 0 aliphatic carbocycles. The van der Waals surface area contributed by atoms with Gasteiger partial charge in [-0.3, -0.25) is 8.42 Å². The van der Waals surface area contributed by atoms with Crippen LogP contribution in [0.2, 0.25) is 0 Å². The van der Waals surface area contributed by atoms with Gasteiger partial charge in [-0.2, -0.15) is 0 Å². The first-order valence-corrected chi connectivity index (χ1v) is 9.67. The third-order valence-electron chi connectivity index (χ3n) is 3.70. The van der Waals surface area contributed by atoms with E-state index in [0.29, 0.717) is 23.5 Å². The lowest BCUT2D eigenvalue weighted by atomic mass is 10.0. The Morgan fingerprint density at radius 2 is 1.67 bits per heavy atom. The number of halogens is 1. The molecule has 0 bridgehead atoms. The Hall–Kier alpha value is -0.750. The first-order valence-electron chi connectivity index (χ1n) is 6.66. The second-order valence-corrected chi connectivity index (χ2v) is 9.83. The molecule has 1 saturated heterocycles. The van der Waals surface area contributed by atoms with Gasteiger partial charge in [-0.1, -0.05) is 48.0 Å². The molecule has 0 amide bonds. The molecule has 1 heterocycles. The number of alkyl halides is 1. The van der Waals surface area contributed by atoms with Crippen LogP contribution in [-0.2, 0) is 21.6 Å². The van der Waals surface area contributed by atoms with E-state index in [4.69, 9.17) is 11.6 Å². The second kappa shape index (κ2) is 5.80. The molecule has 3 rings (SSSR count). The third-order valence-corrected chi connectivity index (χ3v) is 9.06. The quantitative estimate of drug-likeness (QED) is 0.854. The first-order chi connectivity index (χ1) is 10.0. The zero-order valence-corrected chi connectivity index (χ0v) is 13.6. The van der Waals surface area contributed by atoms with E-state index in [0.717, 1.165) is 10.8 Å². The molecule has 21 heavy (non-hydrogen) atoms. The Bertz CT molecular complexity index is 716. The number of aliphatic hydroxyl groups is 1. The van der Waals surface area contributed by atoms with Gasteiger partial charge < -0.3 is 5.11 Å². The van der Waals surface area contributed by atoms with Gasteiger partial charge in [0.25, 0.3) is 0 Å². The lowest BCUT2D eigenvalue weighted by molar-refractivity contribution is 0.183. The van der Waals surface area contributed by atoms with Crippen molar-refractivity contribution in [2.24, 2.45) is 0 Å². The summed E-state index contributed by atoms with van der Waals surface area (Å²) in [6.07, 6.45) is -0.608. The van der Waals surface area contributed by atoms with Gasteiger partial charge in [0.05, 0.1) is 21.6 Å². The van der Waals surface area contributed by atoms with Crippen LogP contribution >= 0.6 is 11.6 Å². The molecular weight excluding hydrogens is 328 g/mol. The van der Waals surface area contributed by atoms with Crippen molar-refractivity contribution in [1.29, 1.82) is 0 Å². The molecule has 1 fully saturated rings. The number of aliphatic hydroxyl groups excluding tert-OH is 1. The Morgan fingerprint density at radius 3 is 2.33 bits per heavy atom. The maximum absolute atomic E-state index is 12.2. The van der Waals surface area contributed by atoms with Crippen LogP contribution in [0.5, 0.6) is 0 Å². The first kappa shape index (κ1) is 15.2. The fourth-order valence-electron chi connectivity index (χ4n) is 2.53. The molecule has 2 aromatic carbocycles. The van der Waals surface area contributed by atoms with Gasteiger partial charge in [-0.25, -0.2) is 0 Å². The fourth-order valence-corrected chi connectivity index (χ4v) is 6.77. The highest BCUT2D eigenvalue weighted by atomic mass is 35.5. The van der Waals surface area contributed by atoms with Crippen molar-refractivity contribution in [3.63, 3.8) is 0 Å². The maximum Gasteiger partial charge on any atom is 0.222 e. The highest BCUT2D eigenvalue weighted by Gasteiger charge is 2.50. The van der Waals surface area contributed by atoms with Crippen molar-refractivity contribution in [3.05, 3.63) is 48.0 Å². The SMILES string of the molecule is O=S1CCCS(=O)C1(Cl)[C@H](O)c1ccc2ccccc2c1. The zero-order chi connectivity index (χ0) is 15.0. The molecule has 0 spiro atoms. The lowest BCUT2D eigenvalue weighted by Gasteiger charge is -2.33. The highest BCUT2D eigenvalue weighted by molar-refractivity contribution is 8.07. The summed E-state index contributed by atoms with van der Waals surface area (Å²) >= 11 is 6.36. The van der Waals surface area contributed by atoms with E-state index in [2.05, 4.69) is 0 Å². The summed E-state index contributed by atoms with van der Waals surface area (Å²) in [7, 11) is -3.05. The van der Waals surface area contributed by atoms with Crippen molar-refractivity contribution < 1.29 is 13.5 Å². The number of hydrogen-bond acceptors (Lipinski definition) is 3. The smallest absolute Gasteiger partial charge is 0.222 e. The summed E-state index contributed by atoms with van der Waals surface area (Å²) in [5, 5.41) is 12.6. The summed E-state index contributed by atoms with van der Waals surface area (Å²) in [5.41, 5.74) is 0.548. The third kappa shape index (κ3) is 2.57. The van der Waals surface area contributed by atoms with E-state index in [-0.39, 0.29) is 0 Å². The second-order valence-electron chi connectivity index (χ2n) is 5.04. The molecule has 1 aliphatic heterocycles. The van der Waals surface area contributed by atoms with Gasteiger partial charge in [-0.15, -0.1) is 0 Å². The van der Waals surface area contributed by atoms with Crippen LogP contribution in [0.1, 0.15) is 18.1 Å². The summed E-state index contributed by atoms with van der Waals surface area (Å²) in [5.74, 6) is 0.750. The molecule has 0 aromatic heterocycles. The summed E-state index contributed by atoms with van der Waals surface area (Å²) in [6.45, 7) is 0. The lowest BCUT2D eigenvalue weighted by Crippen LogP contribution is -2.45. The van der Waals surface area contributed by atoms with Crippen molar-refractivity contribution in [3.8, 4) is 0 Å². The van der Waals surface area contributed by atoms with Crippen LogP contribution in [0.25, 0.3) is 10.8 Å². The molecule has 0 radical (unpaired) electrons. The van der Waals surface area contributed by atoms with Crippen molar-refractivity contribution in [1.82, 2.24) is 0 Å². The van der Waals surface area contributed by atoms with Crippen molar-refractivity contribution in [2.45, 2.75) is 16.1 Å². The average Bonchev–Trinajstić information content (AvgIpc) is 2.51. The van der Waals surface area contributed by atoms with Crippen LogP contribution in [0, 0.1) is 0 Å². The van der Waals surface area contributed by atoms with Crippen LogP contribution in [-0.4, -0.2) is 28.6 Å². The van der Waals surface area contributed by atoms with Gasteiger partial charge in [-0.05, 0) is 28.8 Å². The van der Waals surface area contributed by atoms with E-state index in [1.807, 2.05) is 36.4 Å². The molecule has 3 atom stereocenters. The average molecular weight is 343 g/mol. The minimum absolute atomic E-state index is 0.375. The Labute approximate surface area is 133 Å². The molecule has 2 unspecified atom stereocenters. The minimum atomic E-state index is -1.61. The summed E-state index contributed by atoms with van der Waals surface area (Å²) in [4.78, 5) is 0. The van der Waals surface area contributed by atoms with E-state index in [9.17, 15) is 13.5 Å². The molecule has 6 heteroatoms. The van der Waals surface area contributed by atoms with Gasteiger partial charge >= 0.3 is 0 Å². The van der Waals surface area contributed by atoms with Gasteiger partial charge in [0.2, 0.25) is 3.54 Å². The normalized spacial score (nSPS) is 31.1. The largest absolute Gasteiger partial charge is 0.385 e. The molecule has 112 valence electrons. The van der Waals surface area contributed by atoms with E-state index >= 15 is 0 Å². The van der Waals surface area contributed by atoms with Crippen LogP contribution in [0.4, 0.5) is 0 Å². The molecule has 2 aromatic rings. The summed E-state index contributed by atoms with van der Waals surface area (Å²) in [6, 6.07) is 13.2. The van der Waals surface area contributed by atoms with E-state index in [1.165, 1.54) is 0 Å². The standard InChI is InChI=1S/C15H15ClO3S2/c16-15(20(18)8-3-9-21(15)19)14(17)13-7-6-11-4-1-2-5-12(11)10-13/h1-2,4-7,10,14,17H,3,8-9H2/t14-,15?,20?,21?/m1/s1. The van der Waals surface area contributed by atoms with Crippen LogP contribution in [0.15, 0.2) is 42.5 Å². The van der Waals surface area contributed by atoms with Crippen LogP contribution < -0.4 is 0 Å². The number of rotatable bonds is 2. The fraction of sp³-hybridized carbons (Fsp3) is 0.333. The number of fused-ring (bicyclic) bond motifs is 1. The summed E-state index contributed by atoms with van der Waals surface area (Å²) < 4.78 is 22.9. The van der Waals surface area contributed by atoms with Crippen molar-refractivity contribution >= 4 is 44.0 Å². The molecule has 3 nitrogen and oxygen atoms in total. The molecule has 1 aliphatic rings. The maximum atomic E-state index is 12.2. The highest BCUT2D eigenvalue weighted by Crippen LogP contribution is 2.41. The Balaban J connectivity index is 2.04. The van der Waals surface area contributed by atoms with E-state index in [1.54, 1.807) is 6.07 Å². The molecular formula is C15H15ClO3S2. The van der Waals surface area contributed by atoms with Gasteiger partial charge in [0, 0.05) is 11.5 Å². The predicted molar refractivity (Wildman–Crippen MR) is 88.1 cm³/mol. The number of hydrogen-bond donors (Lipinski definition) is 1. The van der Waals surface area contributed by atoms with Gasteiger partial charge in [0.15, 0.2) is 0 Å². The van der Waals surface area contributed by atoms with Gasteiger partial charge in [0.1, 0.15) is 6.10 Å².